The summed E-state index contributed by atoms with van der Waals surface area (Å²) in [5.74, 6) is -0.938. The van der Waals surface area contributed by atoms with Crippen LogP contribution in [0.15, 0.2) is 103 Å². The maximum Gasteiger partial charge on any atom is 0.334 e. The number of aliphatic carboxylic acids is 1. The van der Waals surface area contributed by atoms with Gasteiger partial charge in [-0.15, -0.1) is 24.8 Å². The highest BCUT2D eigenvalue weighted by molar-refractivity contribution is 7.95. The van der Waals surface area contributed by atoms with Gasteiger partial charge in [0.2, 0.25) is 0 Å². The average molecular weight is 420 g/mol. The Morgan fingerprint density at radius 2 is 1.00 bits per heavy atom. The van der Waals surface area contributed by atoms with Crippen LogP contribution in [0, 0.1) is 0 Å². The first-order valence-corrected chi connectivity index (χ1v) is 10.1. The monoisotopic (exact) mass is 419 g/mol. The molecule has 0 aromatic heterocycles. The molecule has 0 fully saturated rings. The van der Waals surface area contributed by atoms with Crippen molar-refractivity contribution >= 4 is 54.0 Å². The molecule has 5 heteroatoms. The maximum atomic E-state index is 11.6. The van der Waals surface area contributed by atoms with E-state index in [0.29, 0.717) is 6.16 Å². The predicted octanol–water partition coefficient (Wildman–Crippen LogP) is 4.46. The zero-order chi connectivity index (χ0) is 17.7. The first-order valence-electron chi connectivity index (χ1n) is 8.10. The molecule has 2 nitrogen and oxygen atoms in total. The average Bonchev–Trinajstić information content (AvgIpc) is 2.68. The van der Waals surface area contributed by atoms with Crippen molar-refractivity contribution in [3.05, 3.63) is 103 Å². The Morgan fingerprint density at radius 1 is 0.704 bits per heavy atom. The van der Waals surface area contributed by atoms with Crippen LogP contribution in [0.5, 0.6) is 0 Å². The molecule has 0 radical (unpaired) electrons. The molecule has 0 spiro atoms. The fraction of sp³-hybridized carbons (Fsp3) is 0.0455. The highest BCUT2D eigenvalue weighted by Crippen LogP contribution is 2.56. The van der Waals surface area contributed by atoms with Gasteiger partial charge in [-0.25, -0.2) is 4.79 Å². The minimum absolute atomic E-state index is 0. The van der Waals surface area contributed by atoms with E-state index < -0.39 is 13.2 Å². The van der Waals surface area contributed by atoms with Gasteiger partial charge in [0.15, 0.2) is 0 Å². The van der Waals surface area contributed by atoms with Crippen LogP contribution in [0.3, 0.4) is 0 Å². The number of halogens is 2. The Bertz CT molecular complexity index is 772. The van der Waals surface area contributed by atoms with Crippen LogP contribution in [0.1, 0.15) is 0 Å². The number of rotatable bonds is 6. The largest absolute Gasteiger partial charge is 0.478 e. The van der Waals surface area contributed by atoms with Gasteiger partial charge in [-0.05, 0) is 36.4 Å². The summed E-state index contributed by atoms with van der Waals surface area (Å²) in [6.07, 6.45) is 0.417. The van der Waals surface area contributed by atoms with Gasteiger partial charge >= 0.3 is 5.97 Å². The standard InChI is InChI=1S/C22H19O2P.2ClH/c1-18(22(23)24)17-25(19-11-5-2-6-12-19,20-13-7-3-8-14-20)21-15-9-4-10-16-21;;/h2-16H,1,17H2;2*1H/p+1. The second-order valence-corrected chi connectivity index (χ2v) is 9.37. The topological polar surface area (TPSA) is 37.3 Å². The highest BCUT2D eigenvalue weighted by Gasteiger charge is 2.46. The molecule has 3 aromatic carbocycles. The number of carbonyl (C=O) groups is 1. The molecular formula is C22H22Cl2O2P+. The van der Waals surface area contributed by atoms with E-state index >= 15 is 0 Å². The van der Waals surface area contributed by atoms with Crippen LogP contribution in [0.4, 0.5) is 0 Å². The molecule has 3 aromatic rings. The van der Waals surface area contributed by atoms with Crippen LogP contribution >= 0.6 is 32.1 Å². The van der Waals surface area contributed by atoms with Gasteiger partial charge in [0.25, 0.3) is 0 Å². The summed E-state index contributed by atoms with van der Waals surface area (Å²) in [5.41, 5.74) is 0.241. The molecule has 0 atom stereocenters. The molecule has 0 heterocycles. The lowest BCUT2D eigenvalue weighted by atomic mass is 10.3. The molecule has 0 aliphatic carbocycles. The highest BCUT2D eigenvalue weighted by atomic mass is 35.5. The van der Waals surface area contributed by atoms with Gasteiger partial charge in [0, 0.05) is 0 Å². The summed E-state index contributed by atoms with van der Waals surface area (Å²) in [4.78, 5) is 11.6. The molecule has 0 aliphatic heterocycles. The van der Waals surface area contributed by atoms with Crippen molar-refractivity contribution in [2.45, 2.75) is 0 Å². The van der Waals surface area contributed by atoms with Gasteiger partial charge in [-0.2, -0.15) is 0 Å². The molecule has 140 valence electrons. The zero-order valence-electron chi connectivity index (χ0n) is 14.7. The first kappa shape index (κ1) is 22.9. The van der Waals surface area contributed by atoms with E-state index in [0.717, 1.165) is 15.9 Å². The Hall–Kier alpha value is -2.12. The van der Waals surface area contributed by atoms with Gasteiger partial charge in [-0.3, -0.25) is 0 Å². The molecule has 3 rings (SSSR count). The third-order valence-corrected chi connectivity index (χ3v) is 8.72. The molecule has 0 bridgehead atoms. The number of carboxylic acids is 1. The minimum atomic E-state index is -2.14. The fourth-order valence-electron chi connectivity index (χ4n) is 3.12. The lowest BCUT2D eigenvalue weighted by molar-refractivity contribution is -0.132. The number of hydrogen-bond acceptors (Lipinski definition) is 1. The Labute approximate surface area is 173 Å². The maximum absolute atomic E-state index is 11.6. The van der Waals surface area contributed by atoms with Crippen LogP contribution in [0.2, 0.25) is 0 Å². The lowest BCUT2D eigenvalue weighted by Gasteiger charge is -2.27. The van der Waals surface area contributed by atoms with Crippen LogP contribution < -0.4 is 15.9 Å². The van der Waals surface area contributed by atoms with E-state index in [1.807, 2.05) is 54.6 Å². The van der Waals surface area contributed by atoms with Crippen molar-refractivity contribution in [2.75, 3.05) is 6.16 Å². The predicted molar refractivity (Wildman–Crippen MR) is 121 cm³/mol. The van der Waals surface area contributed by atoms with Gasteiger partial charge in [0.05, 0.1) is 5.57 Å². The Kier molecular flexibility index (Phi) is 8.72. The smallest absolute Gasteiger partial charge is 0.334 e. The quantitative estimate of drug-likeness (QED) is 0.472. The van der Waals surface area contributed by atoms with E-state index in [4.69, 9.17) is 0 Å². The Morgan fingerprint density at radius 3 is 1.26 bits per heavy atom. The summed E-state index contributed by atoms with van der Waals surface area (Å²) >= 11 is 0. The van der Waals surface area contributed by atoms with E-state index in [2.05, 4.69) is 43.0 Å². The number of benzene rings is 3. The van der Waals surface area contributed by atoms with Crippen LogP contribution in [-0.4, -0.2) is 17.2 Å². The van der Waals surface area contributed by atoms with Crippen LogP contribution in [0.25, 0.3) is 0 Å². The molecule has 0 saturated heterocycles. The second kappa shape index (κ2) is 10.3. The molecular weight excluding hydrogens is 398 g/mol. The molecule has 0 saturated carbocycles. The summed E-state index contributed by atoms with van der Waals surface area (Å²) in [6.45, 7) is 3.84. The van der Waals surface area contributed by atoms with E-state index in [1.54, 1.807) is 0 Å². The number of hydrogen-bond donors (Lipinski definition) is 1. The summed E-state index contributed by atoms with van der Waals surface area (Å²) in [6, 6.07) is 30.6. The van der Waals surface area contributed by atoms with E-state index in [1.165, 1.54) is 0 Å². The molecule has 0 aliphatic rings. The summed E-state index contributed by atoms with van der Waals surface area (Å²) in [5, 5.41) is 13.0. The van der Waals surface area contributed by atoms with Crippen LogP contribution in [-0.2, 0) is 4.79 Å². The van der Waals surface area contributed by atoms with Crippen molar-refractivity contribution in [2.24, 2.45) is 0 Å². The SMILES string of the molecule is C=C(C[P+](c1ccccc1)(c1ccccc1)c1ccccc1)C(=O)O.Cl.Cl. The van der Waals surface area contributed by atoms with Gasteiger partial charge in [0.1, 0.15) is 29.3 Å². The number of carboxylic acid groups (broad SMARTS) is 1. The normalized spacial score (nSPS) is 10.2. The van der Waals surface area contributed by atoms with E-state index in [9.17, 15) is 9.90 Å². The third-order valence-electron chi connectivity index (χ3n) is 4.32. The van der Waals surface area contributed by atoms with E-state index in [-0.39, 0.29) is 30.4 Å². The lowest BCUT2D eigenvalue weighted by Crippen LogP contribution is -2.34. The third kappa shape index (κ3) is 4.78. The van der Waals surface area contributed by atoms with Crippen molar-refractivity contribution in [3.63, 3.8) is 0 Å². The Balaban J connectivity index is 0.00000182. The molecule has 1 N–H and O–H groups in total. The van der Waals surface area contributed by atoms with Gasteiger partial charge < -0.3 is 5.11 Å². The van der Waals surface area contributed by atoms with Crippen molar-refractivity contribution < 1.29 is 9.90 Å². The van der Waals surface area contributed by atoms with Crippen molar-refractivity contribution in [1.29, 1.82) is 0 Å². The summed E-state index contributed by atoms with van der Waals surface area (Å²) in [7, 11) is -2.14. The summed E-state index contributed by atoms with van der Waals surface area (Å²) < 4.78 is 0. The molecule has 27 heavy (non-hydrogen) atoms. The van der Waals surface area contributed by atoms with Crippen molar-refractivity contribution in [1.82, 2.24) is 0 Å². The zero-order valence-corrected chi connectivity index (χ0v) is 17.2. The fourth-order valence-corrected chi connectivity index (χ4v) is 7.32. The second-order valence-electron chi connectivity index (χ2n) is 5.88. The molecule has 0 unspecified atom stereocenters. The first-order chi connectivity index (χ1) is 12.1. The van der Waals surface area contributed by atoms with Gasteiger partial charge in [-0.1, -0.05) is 61.2 Å². The minimum Gasteiger partial charge on any atom is -0.478 e. The molecule has 0 amide bonds. The van der Waals surface area contributed by atoms with Crippen molar-refractivity contribution in [3.8, 4) is 0 Å².